The summed E-state index contributed by atoms with van der Waals surface area (Å²) in [4.78, 5) is 3.37. The minimum absolute atomic E-state index is 0.0834. The third kappa shape index (κ3) is 4.65. The fraction of sp³-hybridized carbons (Fsp3) is 0.217. The summed E-state index contributed by atoms with van der Waals surface area (Å²) in [5.41, 5.74) is 3.57. The molecule has 1 unspecified atom stereocenters. The predicted molar refractivity (Wildman–Crippen MR) is 112 cm³/mol. The lowest BCUT2D eigenvalue weighted by Crippen LogP contribution is -1.91. The fourth-order valence-corrected chi connectivity index (χ4v) is 3.18. The molecule has 0 spiro atoms. The number of hydrogen-bond acceptors (Lipinski definition) is 0. The van der Waals surface area contributed by atoms with Crippen LogP contribution < -0.4 is 0 Å². The molecular formula is C23H22BrN. The average Bonchev–Trinajstić information content (AvgIpc) is 3.05. The molecule has 3 rings (SSSR count). The lowest BCUT2D eigenvalue weighted by Gasteiger charge is -2.05. The topological polar surface area (TPSA) is 15.8 Å². The van der Waals surface area contributed by atoms with Gasteiger partial charge in [0.25, 0.3) is 0 Å². The van der Waals surface area contributed by atoms with E-state index in [1.54, 1.807) is 0 Å². The zero-order valence-electron chi connectivity index (χ0n) is 14.4. The van der Waals surface area contributed by atoms with Crippen LogP contribution in [-0.4, -0.2) is 4.98 Å². The molecular weight excluding hydrogens is 370 g/mol. The Morgan fingerprint density at radius 3 is 2.80 bits per heavy atom. The number of H-pyrrole nitrogens is 1. The van der Waals surface area contributed by atoms with E-state index in [1.165, 1.54) is 22.9 Å². The van der Waals surface area contributed by atoms with Gasteiger partial charge in [0.05, 0.1) is 5.92 Å². The number of nitrogens with one attached hydrogen (secondary N) is 1. The summed E-state index contributed by atoms with van der Waals surface area (Å²) < 4.78 is 1.09. The highest BCUT2D eigenvalue weighted by Gasteiger charge is 2.11. The second-order valence-electron chi connectivity index (χ2n) is 6.11. The van der Waals surface area contributed by atoms with Crippen LogP contribution in [0.5, 0.6) is 0 Å². The normalized spacial score (nSPS) is 12.2. The quantitative estimate of drug-likeness (QED) is 0.358. The highest BCUT2D eigenvalue weighted by molar-refractivity contribution is 9.10. The van der Waals surface area contributed by atoms with Crippen molar-refractivity contribution in [2.75, 3.05) is 0 Å². The minimum atomic E-state index is 0.0834. The summed E-state index contributed by atoms with van der Waals surface area (Å²) in [5.74, 6) is 6.91. The smallest absolute Gasteiger partial charge is 0.0656 e. The average molecular weight is 392 g/mol. The summed E-state index contributed by atoms with van der Waals surface area (Å²) in [7, 11) is 0. The molecule has 2 aromatic carbocycles. The maximum Gasteiger partial charge on any atom is 0.0656 e. The number of fused-ring (bicyclic) bond motifs is 1. The van der Waals surface area contributed by atoms with Gasteiger partial charge in [-0.25, -0.2) is 0 Å². The van der Waals surface area contributed by atoms with Gasteiger partial charge in [0.2, 0.25) is 0 Å². The molecule has 0 aliphatic carbocycles. The number of halogens is 1. The van der Waals surface area contributed by atoms with Crippen molar-refractivity contribution in [2.24, 2.45) is 0 Å². The Labute approximate surface area is 158 Å². The minimum Gasteiger partial charge on any atom is -0.361 e. The zero-order chi connectivity index (χ0) is 17.5. The molecule has 0 bridgehead atoms. The summed E-state index contributed by atoms with van der Waals surface area (Å²) in [5, 5.41) is 1.22. The largest absolute Gasteiger partial charge is 0.361 e. The van der Waals surface area contributed by atoms with Crippen LogP contribution in [-0.2, 0) is 0 Å². The molecule has 1 aromatic heterocycles. The SMILES string of the molecule is CCCCC#CC(/C=C/c1ccccc1)c1c[nH]c2ccc(Br)cc12. The van der Waals surface area contributed by atoms with Gasteiger partial charge < -0.3 is 4.98 Å². The van der Waals surface area contributed by atoms with Crippen molar-refractivity contribution in [2.45, 2.75) is 32.1 Å². The molecule has 0 saturated heterocycles. The Kier molecular flexibility index (Phi) is 6.14. The third-order valence-corrected chi connectivity index (χ3v) is 4.70. The van der Waals surface area contributed by atoms with Gasteiger partial charge in [-0.05, 0) is 35.7 Å². The molecule has 0 radical (unpaired) electrons. The maximum absolute atomic E-state index is 3.58. The molecule has 0 aliphatic rings. The van der Waals surface area contributed by atoms with Crippen LogP contribution in [0.3, 0.4) is 0 Å². The van der Waals surface area contributed by atoms with Gasteiger partial charge in [-0.2, -0.15) is 0 Å². The van der Waals surface area contributed by atoms with Crippen molar-refractivity contribution >= 4 is 32.9 Å². The molecule has 2 heteroatoms. The predicted octanol–water partition coefficient (Wildman–Crippen LogP) is 6.92. The Hall–Kier alpha value is -2.24. The van der Waals surface area contributed by atoms with E-state index in [2.05, 4.69) is 100 Å². The standard InChI is InChI=1S/C23H22BrN/c1-2-3-4-8-11-19(13-12-18-9-6-5-7-10-18)22-17-25-23-15-14-20(24)16-21(22)23/h5-7,9-10,12-17,19,25H,2-4H2,1H3/b13-12+. The van der Waals surface area contributed by atoms with E-state index in [0.717, 1.165) is 22.8 Å². The summed E-state index contributed by atoms with van der Waals surface area (Å²) >= 11 is 3.58. The Morgan fingerprint density at radius 1 is 1.16 bits per heavy atom. The first-order valence-electron chi connectivity index (χ1n) is 8.76. The summed E-state index contributed by atoms with van der Waals surface area (Å²) in [6.45, 7) is 2.20. The molecule has 25 heavy (non-hydrogen) atoms. The van der Waals surface area contributed by atoms with Crippen molar-refractivity contribution < 1.29 is 0 Å². The molecule has 126 valence electrons. The molecule has 0 aliphatic heterocycles. The van der Waals surface area contributed by atoms with Gasteiger partial charge in [0.1, 0.15) is 0 Å². The van der Waals surface area contributed by atoms with Crippen LogP contribution in [0.1, 0.15) is 43.2 Å². The number of aromatic nitrogens is 1. The van der Waals surface area contributed by atoms with Gasteiger partial charge >= 0.3 is 0 Å². The lowest BCUT2D eigenvalue weighted by atomic mass is 9.97. The van der Waals surface area contributed by atoms with Crippen LogP contribution in [0.2, 0.25) is 0 Å². The molecule has 0 fully saturated rings. The Bertz CT molecular complexity index is 909. The second kappa shape index (κ2) is 8.74. The van der Waals surface area contributed by atoms with Crippen molar-refractivity contribution in [3.05, 3.63) is 76.4 Å². The molecule has 0 saturated carbocycles. The van der Waals surface area contributed by atoms with Crippen molar-refractivity contribution in [3.63, 3.8) is 0 Å². The molecule has 1 heterocycles. The van der Waals surface area contributed by atoms with Gasteiger partial charge in [-0.15, -0.1) is 5.92 Å². The van der Waals surface area contributed by atoms with Gasteiger partial charge in [-0.1, -0.05) is 77.7 Å². The van der Waals surface area contributed by atoms with E-state index in [9.17, 15) is 0 Å². The van der Waals surface area contributed by atoms with Crippen molar-refractivity contribution in [3.8, 4) is 11.8 Å². The first-order chi connectivity index (χ1) is 12.3. The summed E-state index contributed by atoms with van der Waals surface area (Å²) in [6, 6.07) is 16.7. The number of benzene rings is 2. The van der Waals surface area contributed by atoms with E-state index in [1.807, 2.05) is 6.07 Å². The number of rotatable bonds is 5. The van der Waals surface area contributed by atoms with Gasteiger partial charge in [0, 0.05) is 28.0 Å². The van der Waals surface area contributed by atoms with E-state index in [0.29, 0.717) is 0 Å². The Morgan fingerprint density at radius 2 is 2.00 bits per heavy atom. The van der Waals surface area contributed by atoms with Crippen molar-refractivity contribution in [1.29, 1.82) is 0 Å². The highest BCUT2D eigenvalue weighted by Crippen LogP contribution is 2.29. The molecule has 1 N–H and O–H groups in total. The van der Waals surface area contributed by atoms with E-state index in [-0.39, 0.29) is 5.92 Å². The van der Waals surface area contributed by atoms with E-state index in [4.69, 9.17) is 0 Å². The molecule has 1 atom stereocenters. The molecule has 1 nitrogen and oxygen atoms in total. The lowest BCUT2D eigenvalue weighted by molar-refractivity contribution is 0.827. The highest BCUT2D eigenvalue weighted by atomic mass is 79.9. The maximum atomic E-state index is 3.58. The Balaban J connectivity index is 1.95. The number of allylic oxidation sites excluding steroid dienone is 1. The number of aromatic amines is 1. The number of hydrogen-bond donors (Lipinski definition) is 1. The van der Waals surface area contributed by atoms with Crippen LogP contribution in [0, 0.1) is 11.8 Å². The third-order valence-electron chi connectivity index (χ3n) is 4.20. The van der Waals surface area contributed by atoms with Crippen LogP contribution >= 0.6 is 15.9 Å². The first-order valence-corrected chi connectivity index (χ1v) is 9.55. The molecule has 3 aromatic rings. The fourth-order valence-electron chi connectivity index (χ4n) is 2.82. The van der Waals surface area contributed by atoms with Crippen LogP contribution in [0.4, 0.5) is 0 Å². The van der Waals surface area contributed by atoms with E-state index >= 15 is 0 Å². The second-order valence-corrected chi connectivity index (χ2v) is 7.02. The van der Waals surface area contributed by atoms with E-state index < -0.39 is 0 Å². The van der Waals surface area contributed by atoms with Crippen molar-refractivity contribution in [1.82, 2.24) is 4.98 Å². The van der Waals surface area contributed by atoms with Gasteiger partial charge in [0.15, 0.2) is 0 Å². The monoisotopic (exact) mass is 391 g/mol. The summed E-state index contributed by atoms with van der Waals surface area (Å²) in [6.07, 6.45) is 9.75. The first kappa shape index (κ1) is 17.6. The molecule has 0 amide bonds. The van der Waals surface area contributed by atoms with Crippen LogP contribution in [0.15, 0.2) is 65.3 Å². The van der Waals surface area contributed by atoms with Crippen LogP contribution in [0.25, 0.3) is 17.0 Å². The van der Waals surface area contributed by atoms with Gasteiger partial charge in [-0.3, -0.25) is 0 Å². The zero-order valence-corrected chi connectivity index (χ0v) is 16.0. The number of unbranched alkanes of at least 4 members (excludes halogenated alkanes) is 2.